The van der Waals surface area contributed by atoms with Crippen LogP contribution in [0.15, 0.2) is 79.0 Å². The zero-order valence-corrected chi connectivity index (χ0v) is 24.4. The maximum atomic E-state index is 13.8. The smallest absolute Gasteiger partial charge is 0.410 e. The lowest BCUT2D eigenvalue weighted by Crippen LogP contribution is -2.36. The number of amides is 1. The zero-order valence-electron chi connectivity index (χ0n) is 24.4. The Bertz CT molecular complexity index is 1530. The van der Waals surface area contributed by atoms with Crippen LogP contribution in [0.25, 0.3) is 11.3 Å². The number of benzene rings is 3. The molecule has 6 rings (SSSR count). The van der Waals surface area contributed by atoms with Crippen LogP contribution in [-0.4, -0.2) is 33.1 Å². The second-order valence-corrected chi connectivity index (χ2v) is 12.3. The van der Waals surface area contributed by atoms with Crippen LogP contribution in [-0.2, 0) is 4.74 Å². The third kappa shape index (κ3) is 5.71. The number of likely N-dealkylation sites (tertiary alicyclic amines) is 1. The number of nitrogens with one attached hydrogen (secondary N) is 1. The Morgan fingerprint density at radius 1 is 0.905 bits per heavy atom. The minimum absolute atomic E-state index is 0.124. The number of nitrogens with two attached hydrogens (primary N) is 1. The molecule has 0 bridgehead atoms. The highest BCUT2D eigenvalue weighted by atomic mass is 19.1. The van der Waals surface area contributed by atoms with E-state index in [1.54, 1.807) is 4.90 Å². The number of aromatic nitrogens is 2. The number of hydrogen-bond donors (Lipinski definition) is 2. The number of halogens is 1. The van der Waals surface area contributed by atoms with E-state index in [1.165, 1.54) is 23.3 Å². The van der Waals surface area contributed by atoms with Crippen LogP contribution in [0, 0.1) is 5.82 Å². The van der Waals surface area contributed by atoms with E-state index in [9.17, 15) is 9.18 Å². The number of ether oxygens (including phenoxy) is 1. The molecule has 1 amide bonds. The van der Waals surface area contributed by atoms with Gasteiger partial charge < -0.3 is 20.4 Å². The highest BCUT2D eigenvalue weighted by molar-refractivity contribution is 5.69. The fraction of sp³-hybridized carbons (Fsp3) is 0.353. The molecule has 2 aliphatic rings. The van der Waals surface area contributed by atoms with Gasteiger partial charge >= 0.3 is 6.09 Å². The summed E-state index contributed by atoms with van der Waals surface area (Å²) in [6, 6.07) is 23.6. The van der Waals surface area contributed by atoms with Gasteiger partial charge in [0, 0.05) is 29.7 Å². The van der Waals surface area contributed by atoms with Crippen LogP contribution < -0.4 is 10.6 Å². The highest BCUT2D eigenvalue weighted by Crippen LogP contribution is 2.47. The first-order valence-corrected chi connectivity index (χ1v) is 14.7. The molecule has 2 aliphatic heterocycles. The SMILES string of the molecule is CC(C)(C)OC(=O)N1CCC[C@H]1c1nc(-c2ccc(C3CCC(c4ccc(N)cc4)N3c3ccc(F)cc3)cc2)c[nH]1. The Labute approximate surface area is 246 Å². The summed E-state index contributed by atoms with van der Waals surface area (Å²) in [5, 5.41) is 0. The van der Waals surface area contributed by atoms with Crippen molar-refractivity contribution in [3.8, 4) is 11.3 Å². The Morgan fingerprint density at radius 3 is 2.14 bits per heavy atom. The summed E-state index contributed by atoms with van der Waals surface area (Å²) in [6.45, 7) is 6.31. The molecule has 3 aromatic carbocycles. The Kier molecular flexibility index (Phi) is 7.39. The molecule has 7 nitrogen and oxygen atoms in total. The third-order valence-corrected chi connectivity index (χ3v) is 8.22. The molecule has 0 radical (unpaired) electrons. The fourth-order valence-electron chi connectivity index (χ4n) is 6.28. The van der Waals surface area contributed by atoms with Gasteiger partial charge in [0.05, 0.1) is 23.8 Å². The lowest BCUT2D eigenvalue weighted by atomic mass is 10.0. The standard InChI is InChI=1S/C34H38FN5O2/c1-34(2,3)42-33(41)39-20-4-5-31(39)32-37-21-28(38-32)22-6-8-23(9-7-22)29-18-19-30(24-10-14-26(36)15-11-24)40(29)27-16-12-25(35)13-17-27/h6-17,21,29-31H,4-5,18-20,36H2,1-3H3,(H,37,38)/t29?,30?,31-/m0/s1. The normalized spacial score (nSPS) is 20.7. The van der Waals surface area contributed by atoms with E-state index in [-0.39, 0.29) is 30.0 Å². The van der Waals surface area contributed by atoms with Crippen LogP contribution in [0.1, 0.15) is 81.5 Å². The second kappa shape index (κ2) is 11.2. The topological polar surface area (TPSA) is 87.5 Å². The number of rotatable bonds is 5. The van der Waals surface area contributed by atoms with Crippen molar-refractivity contribution in [2.75, 3.05) is 17.2 Å². The van der Waals surface area contributed by atoms with Gasteiger partial charge in [-0.25, -0.2) is 14.2 Å². The molecular weight excluding hydrogens is 529 g/mol. The van der Waals surface area contributed by atoms with Gasteiger partial charge in [-0.05, 0) is 94.0 Å². The number of H-pyrrole nitrogens is 1. The highest BCUT2D eigenvalue weighted by Gasteiger charge is 2.36. The second-order valence-electron chi connectivity index (χ2n) is 12.3. The molecule has 3 atom stereocenters. The van der Waals surface area contributed by atoms with Crippen molar-refractivity contribution in [2.24, 2.45) is 0 Å². The average Bonchev–Trinajstić information content (AvgIpc) is 3.73. The predicted molar refractivity (Wildman–Crippen MR) is 163 cm³/mol. The largest absolute Gasteiger partial charge is 0.444 e. The van der Waals surface area contributed by atoms with Gasteiger partial charge in [-0.3, -0.25) is 4.90 Å². The van der Waals surface area contributed by atoms with Gasteiger partial charge in [-0.1, -0.05) is 36.4 Å². The number of nitrogens with zero attached hydrogens (tertiary/aromatic N) is 3. The van der Waals surface area contributed by atoms with Crippen molar-refractivity contribution in [1.29, 1.82) is 0 Å². The summed E-state index contributed by atoms with van der Waals surface area (Å²) in [4.78, 5) is 25.2. The van der Waals surface area contributed by atoms with Crippen molar-refractivity contribution in [3.63, 3.8) is 0 Å². The first-order chi connectivity index (χ1) is 20.2. The molecule has 0 saturated carbocycles. The fourth-order valence-corrected chi connectivity index (χ4v) is 6.28. The van der Waals surface area contributed by atoms with Crippen LogP contribution in [0.3, 0.4) is 0 Å². The van der Waals surface area contributed by atoms with Gasteiger partial charge in [0.2, 0.25) is 0 Å². The molecule has 3 N–H and O–H groups in total. The summed E-state index contributed by atoms with van der Waals surface area (Å²) >= 11 is 0. The molecular formula is C34H38FN5O2. The molecule has 8 heteroatoms. The van der Waals surface area contributed by atoms with Crippen molar-refractivity contribution in [2.45, 2.75) is 70.2 Å². The summed E-state index contributed by atoms with van der Waals surface area (Å²) in [5.41, 5.74) is 11.4. The van der Waals surface area contributed by atoms with E-state index >= 15 is 0 Å². The molecule has 2 fully saturated rings. The first-order valence-electron chi connectivity index (χ1n) is 14.7. The molecule has 2 unspecified atom stereocenters. The van der Waals surface area contributed by atoms with E-state index in [0.29, 0.717) is 6.54 Å². The van der Waals surface area contributed by atoms with Gasteiger partial charge in [0.25, 0.3) is 0 Å². The number of nitrogen functional groups attached to an aromatic ring is 1. The molecule has 218 valence electrons. The van der Waals surface area contributed by atoms with Crippen LogP contribution >= 0.6 is 0 Å². The molecule has 3 heterocycles. The molecule has 0 aliphatic carbocycles. The summed E-state index contributed by atoms with van der Waals surface area (Å²) < 4.78 is 19.5. The number of anilines is 2. The molecule has 4 aromatic rings. The van der Waals surface area contributed by atoms with E-state index < -0.39 is 5.60 Å². The number of aromatic amines is 1. The van der Waals surface area contributed by atoms with E-state index in [0.717, 1.165) is 54.1 Å². The minimum Gasteiger partial charge on any atom is -0.444 e. The molecule has 42 heavy (non-hydrogen) atoms. The number of carbonyl (C=O) groups is 1. The lowest BCUT2D eigenvalue weighted by Gasteiger charge is -2.33. The number of carbonyl (C=O) groups excluding carboxylic acids is 1. The summed E-state index contributed by atoms with van der Waals surface area (Å²) in [7, 11) is 0. The summed E-state index contributed by atoms with van der Waals surface area (Å²) in [6.07, 6.45) is 5.32. The third-order valence-electron chi connectivity index (χ3n) is 8.22. The Hall–Kier alpha value is -4.33. The average molecular weight is 568 g/mol. The van der Waals surface area contributed by atoms with Crippen LogP contribution in [0.2, 0.25) is 0 Å². The van der Waals surface area contributed by atoms with Crippen molar-refractivity contribution >= 4 is 17.5 Å². The maximum Gasteiger partial charge on any atom is 0.410 e. The number of hydrogen-bond acceptors (Lipinski definition) is 5. The van der Waals surface area contributed by atoms with Gasteiger partial charge in [0.1, 0.15) is 17.2 Å². The zero-order chi connectivity index (χ0) is 29.4. The lowest BCUT2D eigenvalue weighted by molar-refractivity contribution is 0.0218. The molecule has 2 saturated heterocycles. The van der Waals surface area contributed by atoms with Gasteiger partial charge in [0.15, 0.2) is 0 Å². The summed E-state index contributed by atoms with van der Waals surface area (Å²) in [5.74, 6) is 0.537. The Morgan fingerprint density at radius 2 is 1.52 bits per heavy atom. The van der Waals surface area contributed by atoms with Crippen molar-refractivity contribution < 1.29 is 13.9 Å². The monoisotopic (exact) mass is 567 g/mol. The quantitative estimate of drug-likeness (QED) is 0.239. The first kappa shape index (κ1) is 27.8. The van der Waals surface area contributed by atoms with Crippen LogP contribution in [0.5, 0.6) is 0 Å². The minimum atomic E-state index is -0.541. The molecule has 0 spiro atoms. The van der Waals surface area contributed by atoms with Gasteiger partial charge in [-0.2, -0.15) is 0 Å². The van der Waals surface area contributed by atoms with Crippen LogP contribution in [0.4, 0.5) is 20.6 Å². The maximum absolute atomic E-state index is 13.8. The predicted octanol–water partition coefficient (Wildman–Crippen LogP) is 7.95. The molecule has 1 aromatic heterocycles. The van der Waals surface area contributed by atoms with Gasteiger partial charge in [-0.15, -0.1) is 0 Å². The Balaban J connectivity index is 1.23. The van der Waals surface area contributed by atoms with Crippen molar-refractivity contribution in [3.05, 3.63) is 102 Å². The van der Waals surface area contributed by atoms with E-state index in [2.05, 4.69) is 46.3 Å². The number of imidazole rings is 1. The van der Waals surface area contributed by atoms with E-state index in [1.807, 2.05) is 51.2 Å². The van der Waals surface area contributed by atoms with Crippen molar-refractivity contribution in [1.82, 2.24) is 14.9 Å². The van der Waals surface area contributed by atoms with E-state index in [4.69, 9.17) is 15.5 Å².